The van der Waals surface area contributed by atoms with E-state index in [9.17, 15) is 19.1 Å². The van der Waals surface area contributed by atoms with Crippen LogP contribution in [0, 0.1) is 5.82 Å². The number of phenols is 1. The summed E-state index contributed by atoms with van der Waals surface area (Å²) in [6, 6.07) is 11.3. The molecule has 8 nitrogen and oxygen atoms in total. The van der Waals surface area contributed by atoms with Crippen molar-refractivity contribution in [1.29, 1.82) is 0 Å². The highest BCUT2D eigenvalue weighted by Crippen LogP contribution is 2.37. The van der Waals surface area contributed by atoms with Gasteiger partial charge in [-0.15, -0.1) is 0 Å². The molecule has 4 aromatic rings. The van der Waals surface area contributed by atoms with E-state index in [1.165, 1.54) is 30.3 Å². The van der Waals surface area contributed by atoms with Gasteiger partial charge in [0.05, 0.1) is 36.1 Å². The van der Waals surface area contributed by atoms with Gasteiger partial charge in [0.25, 0.3) is 5.91 Å². The Kier molecular flexibility index (Phi) is 10.5. The number of nitrogens with zero attached hydrogens (tertiary/aromatic N) is 2. The summed E-state index contributed by atoms with van der Waals surface area (Å²) in [6.45, 7) is 6.20. The first-order valence-corrected chi connectivity index (χ1v) is 13.4. The van der Waals surface area contributed by atoms with Crippen LogP contribution >= 0.6 is 11.6 Å². The highest BCUT2D eigenvalue weighted by Gasteiger charge is 2.27. The smallest absolute Gasteiger partial charge is 0.258 e. The van der Waals surface area contributed by atoms with Gasteiger partial charge < -0.3 is 25.2 Å². The van der Waals surface area contributed by atoms with E-state index in [-0.39, 0.29) is 40.4 Å². The zero-order chi connectivity index (χ0) is 30.3. The van der Waals surface area contributed by atoms with Crippen molar-refractivity contribution in [3.63, 3.8) is 0 Å². The molecule has 1 heterocycles. The highest BCUT2D eigenvalue weighted by molar-refractivity contribution is 6.30. The Hall–Kier alpha value is -4.37. The molecule has 4 rings (SSSR count). The Morgan fingerprint density at radius 1 is 1.12 bits per heavy atom. The molecule has 41 heavy (non-hydrogen) atoms. The minimum absolute atomic E-state index is 0.00228. The van der Waals surface area contributed by atoms with Gasteiger partial charge in [0, 0.05) is 36.3 Å². The first-order valence-electron chi connectivity index (χ1n) is 13.0. The van der Waals surface area contributed by atoms with E-state index in [1.54, 1.807) is 44.4 Å². The van der Waals surface area contributed by atoms with Gasteiger partial charge in [-0.25, -0.2) is 4.39 Å². The molecule has 0 unspecified atom stereocenters. The van der Waals surface area contributed by atoms with Crippen LogP contribution in [0.5, 0.6) is 17.2 Å². The maximum absolute atomic E-state index is 13.7. The monoisotopic (exact) mass is 581 g/mol. The van der Waals surface area contributed by atoms with E-state index in [4.69, 9.17) is 26.8 Å². The van der Waals surface area contributed by atoms with Gasteiger partial charge in [0.1, 0.15) is 22.8 Å². The number of nitrogen functional groups attached to an aromatic ring is 1. The molecule has 3 aromatic carbocycles. The van der Waals surface area contributed by atoms with Gasteiger partial charge in [0.15, 0.2) is 12.0 Å². The number of rotatable bonds is 9. The Labute approximate surface area is 243 Å². The van der Waals surface area contributed by atoms with Gasteiger partial charge in [-0.05, 0) is 54.8 Å². The van der Waals surface area contributed by atoms with Crippen LogP contribution in [-0.2, 0) is 13.0 Å². The van der Waals surface area contributed by atoms with E-state index in [0.29, 0.717) is 40.7 Å². The number of hydrogen-bond donors (Lipinski definition) is 2. The lowest BCUT2D eigenvalue weighted by Gasteiger charge is -2.24. The quantitative estimate of drug-likeness (QED) is 0.133. The fourth-order valence-corrected chi connectivity index (χ4v) is 4.63. The molecule has 0 aliphatic carbocycles. The number of methoxy groups -OCH3 is 2. The average molecular weight is 582 g/mol. The van der Waals surface area contributed by atoms with Crippen molar-refractivity contribution in [2.45, 2.75) is 33.7 Å². The third-order valence-corrected chi connectivity index (χ3v) is 6.79. The van der Waals surface area contributed by atoms with Gasteiger partial charge in [-0.3, -0.25) is 14.6 Å². The predicted molar refractivity (Wildman–Crippen MR) is 159 cm³/mol. The Bertz CT molecular complexity index is 1580. The SMILES string of the molecule is CC.CCN(Cc1ccc(OC)cc1OC)C(=O)c1c(C=O)c(N)c2cc(Cc3ccc(F)c(Cl)c3)cnc2c1O. The van der Waals surface area contributed by atoms with Crippen LogP contribution < -0.4 is 15.2 Å². The predicted octanol–water partition coefficient (Wildman–Crippen LogP) is 6.42. The average Bonchev–Trinajstić information content (AvgIpc) is 3.00. The van der Waals surface area contributed by atoms with Crippen LogP contribution in [0.4, 0.5) is 10.1 Å². The normalized spacial score (nSPS) is 10.5. The molecule has 1 amide bonds. The number of pyridine rings is 1. The molecule has 0 fully saturated rings. The van der Waals surface area contributed by atoms with Crippen molar-refractivity contribution in [3.05, 3.63) is 87.3 Å². The highest BCUT2D eigenvalue weighted by atomic mass is 35.5. The second kappa shape index (κ2) is 13.8. The van der Waals surface area contributed by atoms with Gasteiger partial charge >= 0.3 is 0 Å². The van der Waals surface area contributed by atoms with Crippen molar-refractivity contribution in [2.75, 3.05) is 26.5 Å². The molecule has 10 heteroatoms. The summed E-state index contributed by atoms with van der Waals surface area (Å²) in [6.07, 6.45) is 2.33. The van der Waals surface area contributed by atoms with Gasteiger partial charge in [0.2, 0.25) is 0 Å². The zero-order valence-corrected chi connectivity index (χ0v) is 24.4. The minimum atomic E-state index is -0.588. The number of amides is 1. The molecule has 216 valence electrons. The maximum Gasteiger partial charge on any atom is 0.258 e. The number of aromatic nitrogens is 1. The lowest BCUT2D eigenvalue weighted by atomic mass is 9.97. The molecular weight excluding hydrogens is 549 g/mol. The van der Waals surface area contributed by atoms with Crippen molar-refractivity contribution in [1.82, 2.24) is 9.88 Å². The largest absolute Gasteiger partial charge is 0.505 e. The number of carbonyl (C=O) groups excluding carboxylic acids is 2. The number of fused-ring (bicyclic) bond motifs is 1. The fraction of sp³-hybridized carbons (Fsp3) is 0.258. The molecule has 0 atom stereocenters. The van der Waals surface area contributed by atoms with Crippen LogP contribution in [0.2, 0.25) is 5.02 Å². The van der Waals surface area contributed by atoms with E-state index in [0.717, 1.165) is 5.56 Å². The fourth-order valence-electron chi connectivity index (χ4n) is 4.42. The zero-order valence-electron chi connectivity index (χ0n) is 23.6. The van der Waals surface area contributed by atoms with E-state index in [2.05, 4.69) is 4.98 Å². The number of aromatic hydroxyl groups is 1. The number of halogens is 2. The lowest BCUT2D eigenvalue weighted by molar-refractivity contribution is 0.0746. The first kappa shape index (κ1) is 31.2. The number of ether oxygens (including phenoxy) is 2. The molecule has 0 saturated carbocycles. The summed E-state index contributed by atoms with van der Waals surface area (Å²) in [5.41, 5.74) is 8.23. The number of carbonyl (C=O) groups is 2. The van der Waals surface area contributed by atoms with Gasteiger partial charge in [-0.2, -0.15) is 0 Å². The first-order chi connectivity index (χ1) is 19.7. The number of aldehydes is 1. The van der Waals surface area contributed by atoms with Crippen LogP contribution in [0.25, 0.3) is 10.9 Å². The second-order valence-corrected chi connectivity index (χ2v) is 9.24. The summed E-state index contributed by atoms with van der Waals surface area (Å²) in [4.78, 5) is 31.7. The summed E-state index contributed by atoms with van der Waals surface area (Å²) in [7, 11) is 3.06. The van der Waals surface area contributed by atoms with Gasteiger partial charge in [-0.1, -0.05) is 31.5 Å². The van der Waals surface area contributed by atoms with Crippen LogP contribution in [0.15, 0.2) is 48.7 Å². The molecule has 0 aliphatic rings. The van der Waals surface area contributed by atoms with Crippen molar-refractivity contribution >= 4 is 40.4 Å². The number of hydrogen-bond acceptors (Lipinski definition) is 7. The Morgan fingerprint density at radius 3 is 2.46 bits per heavy atom. The number of phenolic OH excluding ortho intramolecular Hbond substituents is 1. The molecule has 3 N–H and O–H groups in total. The van der Waals surface area contributed by atoms with Crippen molar-refractivity contribution in [2.24, 2.45) is 0 Å². The molecular formula is C31H33ClFN3O5. The van der Waals surface area contributed by atoms with E-state index >= 15 is 0 Å². The van der Waals surface area contributed by atoms with E-state index in [1.807, 2.05) is 13.8 Å². The van der Waals surface area contributed by atoms with Crippen molar-refractivity contribution in [3.8, 4) is 17.2 Å². The standard InChI is InChI=1S/C29H27ClFN3O5.C2H6/c1-4-34(14-18-6-7-19(38-2)12-24(18)39-3)29(37)25-21(15-35)26(32)20-10-17(13-33-27(20)28(25)36)9-16-5-8-23(31)22(30)11-16;1-2/h5-8,10-13,15,36H,4,9,14,32H2,1-3H3;1-2H3. The summed E-state index contributed by atoms with van der Waals surface area (Å²) < 4.78 is 24.2. The minimum Gasteiger partial charge on any atom is -0.505 e. The maximum atomic E-state index is 13.7. The molecule has 1 aromatic heterocycles. The molecule has 0 aliphatic heterocycles. The topological polar surface area (TPSA) is 115 Å². The Balaban J connectivity index is 0.00000226. The molecule has 0 bridgehead atoms. The lowest BCUT2D eigenvalue weighted by Crippen LogP contribution is -2.31. The summed E-state index contributed by atoms with van der Waals surface area (Å²) in [5.74, 6) is -0.431. The number of benzene rings is 3. The van der Waals surface area contributed by atoms with Crippen LogP contribution in [0.3, 0.4) is 0 Å². The third-order valence-electron chi connectivity index (χ3n) is 6.50. The van der Waals surface area contributed by atoms with Crippen LogP contribution in [0.1, 0.15) is 58.2 Å². The van der Waals surface area contributed by atoms with Crippen LogP contribution in [-0.4, -0.2) is 47.9 Å². The molecule has 0 radical (unpaired) electrons. The number of anilines is 1. The summed E-state index contributed by atoms with van der Waals surface area (Å²) in [5, 5.41) is 11.5. The van der Waals surface area contributed by atoms with E-state index < -0.39 is 17.5 Å². The second-order valence-electron chi connectivity index (χ2n) is 8.83. The molecule has 0 saturated heterocycles. The Morgan fingerprint density at radius 2 is 1.85 bits per heavy atom. The van der Waals surface area contributed by atoms with Crippen molar-refractivity contribution < 1.29 is 28.6 Å². The third kappa shape index (κ3) is 6.52. The molecule has 0 spiro atoms. The number of nitrogens with two attached hydrogens (primary N) is 1. The summed E-state index contributed by atoms with van der Waals surface area (Å²) >= 11 is 5.90.